The van der Waals surface area contributed by atoms with Crippen molar-refractivity contribution in [3.05, 3.63) is 69.2 Å². The lowest BCUT2D eigenvalue weighted by atomic mass is 10.2. The molecule has 3 N–H and O–H groups in total. The van der Waals surface area contributed by atoms with Crippen molar-refractivity contribution >= 4 is 40.0 Å². The number of rotatable bonds is 3. The molecule has 1 aliphatic rings. The number of phenolic OH excluding ortho intramolecular Hbond substituents is 1. The van der Waals surface area contributed by atoms with Gasteiger partial charge in [-0.15, -0.1) is 11.3 Å². The topological polar surface area (TPSA) is 80.4 Å². The van der Waals surface area contributed by atoms with Gasteiger partial charge in [-0.05, 0) is 36.8 Å². The number of halogens is 1. The summed E-state index contributed by atoms with van der Waals surface area (Å²) >= 11 is 7.30. The number of aromatic hydroxyl groups is 1. The van der Waals surface area contributed by atoms with Crippen LogP contribution in [0, 0.1) is 12.3 Å². The van der Waals surface area contributed by atoms with E-state index < -0.39 is 0 Å². The lowest BCUT2D eigenvalue weighted by Gasteiger charge is -2.20. The molecule has 3 aromatic rings. The lowest BCUT2D eigenvalue weighted by Crippen LogP contribution is -2.26. The van der Waals surface area contributed by atoms with Gasteiger partial charge in [0.25, 0.3) is 0 Å². The molecule has 27 heavy (non-hydrogen) atoms. The van der Waals surface area contributed by atoms with Gasteiger partial charge in [0.2, 0.25) is 0 Å². The van der Waals surface area contributed by atoms with E-state index in [2.05, 4.69) is 4.98 Å². The largest absolute Gasteiger partial charge is 0.510 e. The van der Waals surface area contributed by atoms with E-state index in [1.807, 2.05) is 24.4 Å². The third-order valence-electron chi connectivity index (χ3n) is 4.38. The first-order chi connectivity index (χ1) is 12.9. The van der Waals surface area contributed by atoms with Crippen LogP contribution in [0.1, 0.15) is 10.6 Å². The molecule has 0 spiro atoms. The summed E-state index contributed by atoms with van der Waals surface area (Å²) in [4.78, 5) is 6.17. The van der Waals surface area contributed by atoms with Crippen molar-refractivity contribution in [3.8, 4) is 17.0 Å². The fourth-order valence-corrected chi connectivity index (χ4v) is 4.02. The molecule has 0 atom stereocenters. The van der Waals surface area contributed by atoms with E-state index in [1.165, 1.54) is 11.3 Å². The zero-order valence-corrected chi connectivity index (χ0v) is 16.0. The second kappa shape index (κ2) is 6.72. The highest BCUT2D eigenvalue weighted by atomic mass is 35.5. The van der Waals surface area contributed by atoms with E-state index >= 15 is 0 Å². The van der Waals surface area contributed by atoms with Crippen LogP contribution >= 0.6 is 22.9 Å². The molecule has 2 heterocycles. The number of nitrogens with zero attached hydrogens (tertiary/aromatic N) is 2. The van der Waals surface area contributed by atoms with E-state index in [9.17, 15) is 10.2 Å². The smallest absolute Gasteiger partial charge is 0.139 e. The number of aliphatic hydroxyl groups excluding tert-OH is 1. The number of anilines is 1. The summed E-state index contributed by atoms with van der Waals surface area (Å²) < 4.78 is 0. The Balaban J connectivity index is 1.67. The molecule has 1 aromatic heterocycles. The number of benzene rings is 2. The molecule has 0 fully saturated rings. The van der Waals surface area contributed by atoms with Crippen LogP contribution in [0.5, 0.6) is 5.75 Å². The molecule has 1 aliphatic heterocycles. The molecule has 0 radical (unpaired) electrons. The zero-order chi connectivity index (χ0) is 19.1. The minimum atomic E-state index is 0.0675. The van der Waals surface area contributed by atoms with E-state index in [1.54, 1.807) is 35.2 Å². The molecule has 2 aromatic carbocycles. The fourth-order valence-electron chi connectivity index (χ4n) is 3.00. The maximum Gasteiger partial charge on any atom is 0.139 e. The van der Waals surface area contributed by atoms with Crippen molar-refractivity contribution < 1.29 is 10.2 Å². The average Bonchev–Trinajstić information content (AvgIpc) is 3.22. The Morgan fingerprint density at radius 1 is 1.15 bits per heavy atom. The van der Waals surface area contributed by atoms with Crippen molar-refractivity contribution in [1.82, 2.24) is 4.98 Å². The number of aromatic nitrogens is 1. The van der Waals surface area contributed by atoms with Crippen molar-refractivity contribution in [1.29, 1.82) is 5.41 Å². The highest BCUT2D eigenvalue weighted by Gasteiger charge is 2.32. The monoisotopic (exact) mass is 397 g/mol. The van der Waals surface area contributed by atoms with Gasteiger partial charge in [0.15, 0.2) is 0 Å². The summed E-state index contributed by atoms with van der Waals surface area (Å²) in [5.41, 5.74) is 3.52. The molecular weight excluding hydrogens is 382 g/mol. The number of aliphatic hydroxyl groups is 1. The Morgan fingerprint density at radius 2 is 1.89 bits per heavy atom. The first kappa shape index (κ1) is 17.6. The number of hydrogen-bond donors (Lipinski definition) is 3. The van der Waals surface area contributed by atoms with Gasteiger partial charge in [0.05, 0.1) is 23.5 Å². The van der Waals surface area contributed by atoms with Crippen molar-refractivity contribution in [2.45, 2.75) is 6.92 Å². The van der Waals surface area contributed by atoms with Crippen LogP contribution in [0.25, 0.3) is 16.8 Å². The van der Waals surface area contributed by atoms with Gasteiger partial charge in [0, 0.05) is 16.0 Å². The van der Waals surface area contributed by atoms with Gasteiger partial charge in [-0.25, -0.2) is 4.98 Å². The van der Waals surface area contributed by atoms with Crippen molar-refractivity contribution in [2.75, 3.05) is 11.4 Å². The van der Waals surface area contributed by atoms with Crippen LogP contribution in [0.2, 0.25) is 5.02 Å². The van der Waals surface area contributed by atoms with Crippen LogP contribution < -0.4 is 4.90 Å². The molecule has 0 aliphatic carbocycles. The Hall–Kier alpha value is -2.83. The summed E-state index contributed by atoms with van der Waals surface area (Å²) in [5, 5.41) is 32.3. The highest BCUT2D eigenvalue weighted by Crippen LogP contribution is 2.37. The summed E-state index contributed by atoms with van der Waals surface area (Å²) in [6.45, 7) is 2.04. The summed E-state index contributed by atoms with van der Waals surface area (Å²) in [5.74, 6) is 0.253. The quantitative estimate of drug-likeness (QED) is 0.564. The predicted molar refractivity (Wildman–Crippen MR) is 110 cm³/mol. The van der Waals surface area contributed by atoms with Crippen molar-refractivity contribution in [3.63, 3.8) is 0 Å². The van der Waals surface area contributed by atoms with Gasteiger partial charge in [-0.1, -0.05) is 29.8 Å². The van der Waals surface area contributed by atoms with Crippen LogP contribution in [0.15, 0.2) is 53.6 Å². The summed E-state index contributed by atoms with van der Waals surface area (Å²) in [7, 11) is 0. The summed E-state index contributed by atoms with van der Waals surface area (Å²) in [6, 6.07) is 12.5. The number of hydrogen-bond acceptors (Lipinski definition) is 5. The minimum absolute atomic E-state index is 0.0675. The standard InChI is InChI=1S/C20H16ClN3O2S/c1-11-2-7-16(25)15(8-11)24-9-17(26)18(19(24)22)20-23-14(10-27-20)12-3-5-13(21)6-4-12/h2-8,10,22,25-26H,9H2,1H3. The third kappa shape index (κ3) is 3.18. The van der Waals surface area contributed by atoms with E-state index in [0.717, 1.165) is 16.8 Å². The highest BCUT2D eigenvalue weighted by molar-refractivity contribution is 7.11. The average molecular weight is 398 g/mol. The van der Waals surface area contributed by atoms with Crippen LogP contribution in [-0.2, 0) is 0 Å². The molecule has 0 saturated heterocycles. The number of thiazole rings is 1. The maximum absolute atomic E-state index is 10.5. The Kier molecular flexibility index (Phi) is 4.37. The maximum atomic E-state index is 10.5. The normalized spacial score (nSPS) is 14.3. The van der Waals surface area contributed by atoms with Crippen LogP contribution in [-0.4, -0.2) is 27.6 Å². The molecule has 0 saturated carbocycles. The minimum Gasteiger partial charge on any atom is -0.510 e. The summed E-state index contributed by atoms with van der Waals surface area (Å²) in [6.07, 6.45) is 0. The Morgan fingerprint density at radius 3 is 2.63 bits per heavy atom. The second-order valence-corrected chi connectivity index (χ2v) is 7.59. The van der Waals surface area contributed by atoms with Crippen LogP contribution in [0.4, 0.5) is 5.69 Å². The molecule has 0 unspecified atom stereocenters. The molecular formula is C20H16ClN3O2S. The van der Waals surface area contributed by atoms with Gasteiger partial charge in [0.1, 0.15) is 22.4 Å². The molecule has 7 heteroatoms. The van der Waals surface area contributed by atoms with E-state index in [0.29, 0.717) is 21.3 Å². The first-order valence-electron chi connectivity index (χ1n) is 8.24. The molecule has 4 rings (SSSR count). The second-order valence-electron chi connectivity index (χ2n) is 6.29. The van der Waals surface area contributed by atoms with Gasteiger partial charge >= 0.3 is 0 Å². The molecule has 5 nitrogen and oxygen atoms in total. The molecule has 0 bridgehead atoms. The number of amidine groups is 1. The SMILES string of the molecule is Cc1ccc(O)c(N2CC(O)=C(c3nc(-c4ccc(Cl)cc4)cs3)C2=N)c1. The Labute approximate surface area is 165 Å². The van der Waals surface area contributed by atoms with Crippen molar-refractivity contribution in [2.24, 2.45) is 0 Å². The number of aryl methyl sites for hydroxylation is 1. The zero-order valence-electron chi connectivity index (χ0n) is 14.4. The Bertz CT molecular complexity index is 1070. The van der Waals surface area contributed by atoms with E-state index in [-0.39, 0.29) is 23.9 Å². The van der Waals surface area contributed by atoms with Gasteiger partial charge < -0.3 is 15.1 Å². The molecule has 136 valence electrons. The fraction of sp³-hybridized carbons (Fsp3) is 0.100. The third-order valence-corrected chi connectivity index (χ3v) is 5.49. The van der Waals surface area contributed by atoms with Gasteiger partial charge in [-0.3, -0.25) is 5.41 Å². The number of nitrogens with one attached hydrogen (secondary N) is 1. The number of phenols is 1. The van der Waals surface area contributed by atoms with Gasteiger partial charge in [-0.2, -0.15) is 0 Å². The van der Waals surface area contributed by atoms with E-state index in [4.69, 9.17) is 17.0 Å². The molecule has 0 amide bonds. The lowest BCUT2D eigenvalue weighted by molar-refractivity contribution is 0.411. The first-order valence-corrected chi connectivity index (χ1v) is 9.50. The van der Waals surface area contributed by atoms with Crippen LogP contribution in [0.3, 0.4) is 0 Å². The predicted octanol–water partition coefficient (Wildman–Crippen LogP) is 5.24.